The number of pyridine rings is 1. The fourth-order valence-electron chi connectivity index (χ4n) is 4.45. The lowest BCUT2D eigenvalue weighted by molar-refractivity contribution is 0.0518. The Morgan fingerprint density at radius 3 is 2.36 bits per heavy atom. The molecule has 2 aromatic heterocycles. The van der Waals surface area contributed by atoms with Gasteiger partial charge in [-0.15, -0.1) is 0 Å². The molecule has 3 heterocycles. The smallest absolute Gasteiger partial charge is 0.358 e. The van der Waals surface area contributed by atoms with Crippen LogP contribution in [-0.2, 0) is 4.74 Å². The predicted molar refractivity (Wildman–Crippen MR) is 152 cm³/mol. The van der Waals surface area contributed by atoms with E-state index in [9.17, 15) is 9.59 Å². The molecule has 0 N–H and O–H groups in total. The lowest BCUT2D eigenvalue weighted by Gasteiger charge is -2.36. The van der Waals surface area contributed by atoms with Crippen molar-refractivity contribution in [3.63, 3.8) is 0 Å². The number of amides is 1. The number of ether oxygens (including phenoxy) is 1. The van der Waals surface area contributed by atoms with Crippen LogP contribution in [0.25, 0.3) is 16.9 Å². The predicted octanol–water partition coefficient (Wildman–Crippen LogP) is 6.03. The summed E-state index contributed by atoms with van der Waals surface area (Å²) in [6.07, 6.45) is 1.42. The van der Waals surface area contributed by atoms with Crippen LogP contribution in [-0.4, -0.2) is 64.3 Å². The minimum absolute atomic E-state index is 0.143. The highest BCUT2D eigenvalue weighted by Gasteiger charge is 2.25. The van der Waals surface area contributed by atoms with Gasteiger partial charge in [0, 0.05) is 43.6 Å². The van der Waals surface area contributed by atoms with Crippen LogP contribution in [0.15, 0.2) is 66.9 Å². The molecule has 0 saturated carbocycles. The molecule has 8 nitrogen and oxygen atoms in total. The third kappa shape index (κ3) is 5.73. The van der Waals surface area contributed by atoms with Gasteiger partial charge >= 0.3 is 5.97 Å². The zero-order valence-electron chi connectivity index (χ0n) is 21.0. The summed E-state index contributed by atoms with van der Waals surface area (Å²) in [4.78, 5) is 33.3. The fourth-order valence-corrected chi connectivity index (χ4v) is 5.01. The van der Waals surface area contributed by atoms with Gasteiger partial charge in [-0.05, 0) is 43.3 Å². The number of carbonyl (C=O) groups excluding carboxylic acids is 2. The van der Waals surface area contributed by atoms with Gasteiger partial charge in [-0.1, -0.05) is 59.1 Å². The Labute approximate surface area is 240 Å². The first-order valence-corrected chi connectivity index (χ1v) is 13.5. The highest BCUT2D eigenvalue weighted by molar-refractivity contribution is 6.34. The van der Waals surface area contributed by atoms with E-state index in [1.54, 1.807) is 34.7 Å². The molecule has 0 atom stereocenters. The summed E-state index contributed by atoms with van der Waals surface area (Å²) in [5, 5.41) is 5.52. The monoisotopic (exact) mass is 583 g/mol. The molecule has 0 unspecified atom stereocenters. The Balaban J connectivity index is 1.34. The minimum atomic E-state index is -0.497. The van der Waals surface area contributed by atoms with Crippen LogP contribution in [0.5, 0.6) is 0 Å². The molecular formula is C28H24Cl3N5O3. The Hall–Kier alpha value is -3.59. The van der Waals surface area contributed by atoms with Crippen molar-refractivity contribution in [3.8, 4) is 16.9 Å². The summed E-state index contributed by atoms with van der Waals surface area (Å²) in [5.74, 6) is -0.682. The van der Waals surface area contributed by atoms with Gasteiger partial charge in [-0.2, -0.15) is 5.10 Å². The van der Waals surface area contributed by atoms with E-state index < -0.39 is 5.97 Å². The van der Waals surface area contributed by atoms with Gasteiger partial charge < -0.3 is 14.5 Å². The number of rotatable bonds is 6. The van der Waals surface area contributed by atoms with Crippen LogP contribution in [0.3, 0.4) is 0 Å². The molecule has 39 heavy (non-hydrogen) atoms. The molecule has 0 bridgehead atoms. The third-order valence-corrected chi connectivity index (χ3v) is 7.23. The molecule has 4 aromatic rings. The summed E-state index contributed by atoms with van der Waals surface area (Å²) in [6, 6.07) is 18.5. The minimum Gasteiger partial charge on any atom is -0.461 e. The molecule has 0 spiro atoms. The average Bonchev–Trinajstić information content (AvgIpc) is 3.40. The number of piperazine rings is 1. The van der Waals surface area contributed by atoms with Crippen molar-refractivity contribution in [2.75, 3.05) is 37.7 Å². The van der Waals surface area contributed by atoms with Crippen LogP contribution in [0.2, 0.25) is 15.2 Å². The van der Waals surface area contributed by atoms with E-state index in [4.69, 9.17) is 39.5 Å². The van der Waals surface area contributed by atoms with E-state index in [1.165, 1.54) is 6.20 Å². The number of hydrogen-bond acceptors (Lipinski definition) is 6. The molecule has 1 fully saturated rings. The van der Waals surface area contributed by atoms with E-state index in [0.29, 0.717) is 53.2 Å². The third-order valence-electron chi connectivity index (χ3n) is 6.41. The molecule has 0 aliphatic carbocycles. The molecular weight excluding hydrogens is 561 g/mol. The van der Waals surface area contributed by atoms with E-state index in [2.05, 4.69) is 15.0 Å². The Morgan fingerprint density at radius 2 is 1.67 bits per heavy atom. The van der Waals surface area contributed by atoms with Gasteiger partial charge in [0.1, 0.15) is 5.15 Å². The molecule has 200 valence electrons. The Kier molecular flexibility index (Phi) is 8.07. The summed E-state index contributed by atoms with van der Waals surface area (Å²) in [5.41, 5.74) is 3.75. The summed E-state index contributed by atoms with van der Waals surface area (Å²) in [6.45, 7) is 4.38. The molecule has 1 saturated heterocycles. The van der Waals surface area contributed by atoms with Crippen LogP contribution in [0, 0.1) is 0 Å². The molecule has 1 aliphatic heterocycles. The number of esters is 1. The maximum atomic E-state index is 13.0. The van der Waals surface area contributed by atoms with E-state index >= 15 is 0 Å². The molecule has 1 amide bonds. The van der Waals surface area contributed by atoms with Crippen molar-refractivity contribution >= 4 is 52.4 Å². The van der Waals surface area contributed by atoms with Crippen molar-refractivity contribution in [2.45, 2.75) is 6.92 Å². The van der Waals surface area contributed by atoms with Crippen LogP contribution < -0.4 is 4.90 Å². The number of anilines is 1. The molecule has 11 heteroatoms. The number of para-hydroxylation sites is 1. The zero-order chi connectivity index (χ0) is 27.5. The summed E-state index contributed by atoms with van der Waals surface area (Å²) >= 11 is 18.6. The standard InChI is InChI=1S/C28H24Cl3N5O3/c1-2-39-28(38)23-16-25(36(33-23)24-6-4-3-5-22(24)30)18-7-9-20(10-8-18)34-11-13-35(14-12-34)27(37)21-15-19(29)17-32-26(21)31/h3-10,15-17H,2,11-14H2,1H3. The number of carbonyl (C=O) groups is 2. The van der Waals surface area contributed by atoms with Crippen molar-refractivity contribution in [1.29, 1.82) is 0 Å². The normalized spacial score (nSPS) is 13.4. The number of halogens is 3. The van der Waals surface area contributed by atoms with Gasteiger partial charge in [-0.3, -0.25) is 4.79 Å². The highest BCUT2D eigenvalue weighted by Crippen LogP contribution is 2.30. The largest absolute Gasteiger partial charge is 0.461 e. The maximum Gasteiger partial charge on any atom is 0.358 e. The van der Waals surface area contributed by atoms with Crippen molar-refractivity contribution in [1.82, 2.24) is 19.7 Å². The summed E-state index contributed by atoms with van der Waals surface area (Å²) in [7, 11) is 0. The first-order chi connectivity index (χ1) is 18.9. The zero-order valence-corrected chi connectivity index (χ0v) is 23.2. The first kappa shape index (κ1) is 27.0. The molecule has 0 radical (unpaired) electrons. The van der Waals surface area contributed by atoms with Gasteiger partial charge in [0.15, 0.2) is 5.69 Å². The van der Waals surface area contributed by atoms with Crippen LogP contribution >= 0.6 is 34.8 Å². The molecule has 5 rings (SSSR count). The van der Waals surface area contributed by atoms with Gasteiger partial charge in [0.25, 0.3) is 5.91 Å². The number of nitrogens with zero attached hydrogens (tertiary/aromatic N) is 5. The SMILES string of the molecule is CCOC(=O)c1cc(-c2ccc(N3CCN(C(=O)c4cc(Cl)cnc4Cl)CC3)cc2)n(-c2ccccc2Cl)n1. The second-order valence-corrected chi connectivity index (χ2v) is 10.0. The van der Waals surface area contributed by atoms with E-state index in [1.807, 2.05) is 42.5 Å². The van der Waals surface area contributed by atoms with Gasteiger partial charge in [-0.25, -0.2) is 14.5 Å². The van der Waals surface area contributed by atoms with Gasteiger partial charge in [0.2, 0.25) is 0 Å². The average molecular weight is 585 g/mol. The van der Waals surface area contributed by atoms with E-state index in [-0.39, 0.29) is 23.4 Å². The number of aromatic nitrogens is 3. The van der Waals surface area contributed by atoms with Crippen molar-refractivity contribution in [2.24, 2.45) is 0 Å². The summed E-state index contributed by atoms with van der Waals surface area (Å²) < 4.78 is 6.82. The second-order valence-electron chi connectivity index (χ2n) is 8.82. The topological polar surface area (TPSA) is 80.6 Å². The first-order valence-electron chi connectivity index (χ1n) is 12.3. The van der Waals surface area contributed by atoms with E-state index in [0.717, 1.165) is 11.3 Å². The number of hydrogen-bond donors (Lipinski definition) is 0. The van der Waals surface area contributed by atoms with Crippen molar-refractivity contribution < 1.29 is 14.3 Å². The second kappa shape index (κ2) is 11.7. The quantitative estimate of drug-likeness (QED) is 0.203. The van der Waals surface area contributed by atoms with Crippen LogP contribution in [0.1, 0.15) is 27.8 Å². The lowest BCUT2D eigenvalue weighted by atomic mass is 10.1. The number of benzene rings is 2. The Bertz CT molecular complexity index is 1520. The fraction of sp³-hybridized carbons (Fsp3) is 0.214. The van der Waals surface area contributed by atoms with Crippen LogP contribution in [0.4, 0.5) is 5.69 Å². The lowest BCUT2D eigenvalue weighted by Crippen LogP contribution is -2.48. The van der Waals surface area contributed by atoms with Gasteiger partial charge in [0.05, 0.1) is 33.6 Å². The van der Waals surface area contributed by atoms with Crippen molar-refractivity contribution in [3.05, 3.63) is 93.3 Å². The maximum absolute atomic E-state index is 13.0. The highest BCUT2D eigenvalue weighted by atomic mass is 35.5. The molecule has 2 aromatic carbocycles. The Morgan fingerprint density at radius 1 is 0.949 bits per heavy atom. The molecule has 1 aliphatic rings.